The monoisotopic (exact) mass is 259 g/mol. The lowest BCUT2D eigenvalue weighted by atomic mass is 10.2. The Morgan fingerprint density at radius 1 is 1.26 bits per heavy atom. The van der Waals surface area contributed by atoms with Gasteiger partial charge in [0.2, 0.25) is 5.91 Å². The molecule has 1 N–H and O–H groups in total. The van der Waals surface area contributed by atoms with Crippen LogP contribution >= 0.6 is 0 Å². The fraction of sp³-hybridized carbons (Fsp3) is 0.286. The molecule has 0 saturated carbocycles. The van der Waals surface area contributed by atoms with E-state index in [2.05, 4.69) is 5.32 Å². The number of nitrogens with zero attached hydrogens (tertiary/aromatic N) is 2. The molecule has 2 rings (SSSR count). The van der Waals surface area contributed by atoms with E-state index >= 15 is 0 Å². The summed E-state index contributed by atoms with van der Waals surface area (Å²) in [4.78, 5) is 25.2. The predicted octanol–water partition coefficient (Wildman–Crippen LogP) is 0.959. The maximum atomic E-state index is 12.2. The Bertz CT molecular complexity index is 604. The van der Waals surface area contributed by atoms with Gasteiger partial charge in [0.15, 0.2) is 0 Å². The van der Waals surface area contributed by atoms with Crippen LogP contribution in [0.4, 0.5) is 0 Å². The summed E-state index contributed by atoms with van der Waals surface area (Å²) in [7, 11) is 3.33. The van der Waals surface area contributed by atoms with E-state index in [1.807, 2.05) is 30.3 Å². The third-order valence-corrected chi connectivity index (χ3v) is 2.99. The molecule has 0 aliphatic heterocycles. The second kappa shape index (κ2) is 5.67. The van der Waals surface area contributed by atoms with E-state index in [1.54, 1.807) is 24.9 Å². The lowest BCUT2D eigenvalue weighted by Gasteiger charge is -2.16. The van der Waals surface area contributed by atoms with Crippen LogP contribution in [0.5, 0.6) is 0 Å². The van der Waals surface area contributed by atoms with Crippen molar-refractivity contribution in [3.63, 3.8) is 0 Å². The molecule has 0 saturated heterocycles. The number of hydrogen-bond donors (Lipinski definition) is 1. The Morgan fingerprint density at radius 3 is 2.74 bits per heavy atom. The summed E-state index contributed by atoms with van der Waals surface area (Å²) >= 11 is 0. The summed E-state index contributed by atoms with van der Waals surface area (Å²) < 4.78 is 1.58. The topological polar surface area (TPSA) is 54.3 Å². The van der Waals surface area contributed by atoms with Crippen LogP contribution in [0.3, 0.4) is 0 Å². The van der Waals surface area contributed by atoms with Crippen molar-refractivity contribution in [1.29, 1.82) is 0 Å². The highest BCUT2D eigenvalue weighted by atomic mass is 16.2. The number of para-hydroxylation sites is 1. The van der Waals surface area contributed by atoms with Gasteiger partial charge < -0.3 is 10.2 Å². The molecule has 2 aromatic rings. The van der Waals surface area contributed by atoms with Crippen molar-refractivity contribution in [3.05, 3.63) is 36.5 Å². The summed E-state index contributed by atoms with van der Waals surface area (Å²) in [6.45, 7) is 0.301. The van der Waals surface area contributed by atoms with Gasteiger partial charge in [-0.05, 0) is 19.2 Å². The van der Waals surface area contributed by atoms with Crippen molar-refractivity contribution in [2.45, 2.75) is 0 Å². The number of carbonyl (C=O) groups excluding carboxylic acids is 2. The molecule has 0 aliphatic carbocycles. The number of carbonyl (C=O) groups is 2. The molecule has 0 radical (unpaired) electrons. The van der Waals surface area contributed by atoms with E-state index in [0.717, 1.165) is 10.9 Å². The summed E-state index contributed by atoms with van der Waals surface area (Å²) in [5.74, 6) is -0.222. The summed E-state index contributed by atoms with van der Waals surface area (Å²) in [6.07, 6.45) is 1.74. The van der Waals surface area contributed by atoms with Gasteiger partial charge in [0.25, 0.3) is 5.91 Å². The van der Waals surface area contributed by atoms with Crippen molar-refractivity contribution in [2.75, 3.05) is 27.2 Å². The van der Waals surface area contributed by atoms with Crippen LogP contribution in [0, 0.1) is 0 Å². The van der Waals surface area contributed by atoms with Crippen LogP contribution in [0.25, 0.3) is 10.9 Å². The Balaban J connectivity index is 2.14. The SMILES string of the molecule is CNCC(=O)N(C)CC(=O)n1ccc2ccccc21. The molecular weight excluding hydrogens is 242 g/mol. The first-order valence-corrected chi connectivity index (χ1v) is 6.11. The molecule has 5 nitrogen and oxygen atoms in total. The highest BCUT2D eigenvalue weighted by Gasteiger charge is 2.14. The van der Waals surface area contributed by atoms with E-state index in [9.17, 15) is 9.59 Å². The van der Waals surface area contributed by atoms with Crippen LogP contribution in [-0.2, 0) is 4.79 Å². The van der Waals surface area contributed by atoms with Gasteiger partial charge in [-0.3, -0.25) is 14.2 Å². The third-order valence-electron chi connectivity index (χ3n) is 2.99. The number of hydrogen-bond acceptors (Lipinski definition) is 3. The van der Waals surface area contributed by atoms with Crippen molar-refractivity contribution in [2.24, 2.45) is 0 Å². The molecule has 1 heterocycles. The van der Waals surface area contributed by atoms with Crippen molar-refractivity contribution in [1.82, 2.24) is 14.8 Å². The molecule has 0 bridgehead atoms. The Labute approximate surface area is 111 Å². The standard InChI is InChI=1S/C14H17N3O2/c1-15-9-13(18)16(2)10-14(19)17-8-7-11-5-3-4-6-12(11)17/h3-8,15H,9-10H2,1-2H3. The largest absolute Gasteiger partial charge is 0.335 e. The predicted molar refractivity (Wildman–Crippen MR) is 74.1 cm³/mol. The molecule has 5 heteroatoms. The van der Waals surface area contributed by atoms with Crippen LogP contribution in [0.15, 0.2) is 36.5 Å². The number of aromatic nitrogens is 1. The second-order valence-corrected chi connectivity index (χ2v) is 4.42. The van der Waals surface area contributed by atoms with Crippen molar-refractivity contribution >= 4 is 22.7 Å². The van der Waals surface area contributed by atoms with Gasteiger partial charge in [0.1, 0.15) is 6.54 Å². The summed E-state index contributed by atoms with van der Waals surface area (Å²) in [5, 5.41) is 3.79. The molecule has 1 amide bonds. The van der Waals surface area contributed by atoms with Gasteiger partial charge in [-0.15, -0.1) is 0 Å². The van der Waals surface area contributed by atoms with E-state index in [4.69, 9.17) is 0 Å². The van der Waals surface area contributed by atoms with Crippen LogP contribution in [0.2, 0.25) is 0 Å². The zero-order valence-corrected chi connectivity index (χ0v) is 11.1. The molecule has 100 valence electrons. The number of amides is 1. The molecule has 0 spiro atoms. The van der Waals surface area contributed by atoms with E-state index in [0.29, 0.717) is 0 Å². The van der Waals surface area contributed by atoms with Crippen LogP contribution < -0.4 is 5.32 Å². The fourth-order valence-corrected chi connectivity index (χ4v) is 1.95. The highest BCUT2D eigenvalue weighted by molar-refractivity contribution is 5.94. The average Bonchev–Trinajstić information content (AvgIpc) is 2.82. The average molecular weight is 259 g/mol. The first-order valence-electron chi connectivity index (χ1n) is 6.11. The van der Waals surface area contributed by atoms with Gasteiger partial charge in [-0.2, -0.15) is 0 Å². The molecule has 0 atom stereocenters. The van der Waals surface area contributed by atoms with Gasteiger partial charge in [0, 0.05) is 18.6 Å². The van der Waals surface area contributed by atoms with Crippen molar-refractivity contribution in [3.8, 4) is 0 Å². The lowest BCUT2D eigenvalue weighted by molar-refractivity contribution is -0.128. The number of likely N-dealkylation sites (N-methyl/N-ethyl adjacent to an activating group) is 2. The minimum absolute atomic E-state index is 0.0686. The van der Waals surface area contributed by atoms with E-state index < -0.39 is 0 Å². The van der Waals surface area contributed by atoms with Crippen LogP contribution in [-0.4, -0.2) is 48.5 Å². The quantitative estimate of drug-likeness (QED) is 0.889. The minimum atomic E-state index is -0.117. The minimum Gasteiger partial charge on any atom is -0.335 e. The molecule has 0 unspecified atom stereocenters. The zero-order chi connectivity index (χ0) is 13.8. The van der Waals surface area contributed by atoms with E-state index in [-0.39, 0.29) is 24.9 Å². The maximum Gasteiger partial charge on any atom is 0.250 e. The van der Waals surface area contributed by atoms with Crippen molar-refractivity contribution < 1.29 is 9.59 Å². The zero-order valence-electron chi connectivity index (χ0n) is 11.1. The molecule has 0 aliphatic rings. The number of nitrogens with one attached hydrogen (secondary N) is 1. The maximum absolute atomic E-state index is 12.2. The highest BCUT2D eigenvalue weighted by Crippen LogP contribution is 2.14. The summed E-state index contributed by atoms with van der Waals surface area (Å²) in [6, 6.07) is 9.56. The molecule has 1 aromatic carbocycles. The first kappa shape index (κ1) is 13.3. The first-order chi connectivity index (χ1) is 9.13. The van der Waals surface area contributed by atoms with Gasteiger partial charge in [0.05, 0.1) is 12.1 Å². The number of benzene rings is 1. The smallest absolute Gasteiger partial charge is 0.250 e. The lowest BCUT2D eigenvalue weighted by Crippen LogP contribution is -2.38. The Morgan fingerprint density at radius 2 is 2.00 bits per heavy atom. The molecule has 19 heavy (non-hydrogen) atoms. The normalized spacial score (nSPS) is 10.6. The van der Waals surface area contributed by atoms with Crippen LogP contribution in [0.1, 0.15) is 4.79 Å². The Hall–Kier alpha value is -2.14. The summed E-state index contributed by atoms with van der Waals surface area (Å²) in [5.41, 5.74) is 0.863. The molecular formula is C14H17N3O2. The Kier molecular flexibility index (Phi) is 3.97. The van der Waals surface area contributed by atoms with Gasteiger partial charge in [-0.1, -0.05) is 18.2 Å². The van der Waals surface area contributed by atoms with E-state index in [1.165, 1.54) is 4.90 Å². The van der Waals surface area contributed by atoms with Gasteiger partial charge >= 0.3 is 0 Å². The third kappa shape index (κ3) is 2.82. The number of fused-ring (bicyclic) bond motifs is 1. The molecule has 1 aromatic heterocycles. The number of rotatable bonds is 4. The fourth-order valence-electron chi connectivity index (χ4n) is 1.95. The van der Waals surface area contributed by atoms with Gasteiger partial charge in [-0.25, -0.2) is 0 Å². The molecule has 0 fully saturated rings. The second-order valence-electron chi connectivity index (χ2n) is 4.42.